The van der Waals surface area contributed by atoms with Crippen LogP contribution in [0.2, 0.25) is 0 Å². The van der Waals surface area contributed by atoms with Crippen LogP contribution in [0.1, 0.15) is 32.6 Å². The minimum atomic E-state index is -0.179. The number of halogens is 1. The lowest BCUT2D eigenvalue weighted by Gasteiger charge is -2.51. The molecule has 2 aliphatic heterocycles. The molecule has 2 saturated heterocycles. The fourth-order valence-corrected chi connectivity index (χ4v) is 4.27. The van der Waals surface area contributed by atoms with Gasteiger partial charge in [0.15, 0.2) is 0 Å². The summed E-state index contributed by atoms with van der Waals surface area (Å²) >= 11 is 0. The second-order valence-electron chi connectivity index (χ2n) is 6.44. The maximum absolute atomic E-state index is 13.2. The highest BCUT2D eigenvalue weighted by Gasteiger charge is 2.44. The molecule has 0 saturated carbocycles. The first-order valence-electron chi connectivity index (χ1n) is 8.16. The highest BCUT2D eigenvalue weighted by molar-refractivity contribution is 5.49. The van der Waals surface area contributed by atoms with Crippen molar-refractivity contribution in [3.8, 4) is 0 Å². The van der Waals surface area contributed by atoms with Gasteiger partial charge in [-0.3, -0.25) is 0 Å². The van der Waals surface area contributed by atoms with Crippen LogP contribution in [0.25, 0.3) is 0 Å². The van der Waals surface area contributed by atoms with E-state index in [1.165, 1.54) is 19.4 Å². The molecule has 2 fully saturated rings. The van der Waals surface area contributed by atoms with Crippen molar-refractivity contribution in [1.29, 1.82) is 0 Å². The van der Waals surface area contributed by atoms with Crippen LogP contribution in [0.3, 0.4) is 0 Å². The second-order valence-corrected chi connectivity index (χ2v) is 6.44. The Balaban J connectivity index is 1.87. The Labute approximate surface area is 126 Å². The maximum atomic E-state index is 13.2. The van der Waals surface area contributed by atoms with Crippen molar-refractivity contribution >= 4 is 5.69 Å². The van der Waals surface area contributed by atoms with Crippen molar-refractivity contribution in [1.82, 2.24) is 4.90 Å². The summed E-state index contributed by atoms with van der Waals surface area (Å²) in [5.74, 6) is -0.179. The van der Waals surface area contributed by atoms with E-state index in [-0.39, 0.29) is 11.4 Å². The lowest BCUT2D eigenvalue weighted by Crippen LogP contribution is -2.61. The average Bonchev–Trinajstić information content (AvgIpc) is 2.97. The first-order valence-corrected chi connectivity index (χ1v) is 8.16. The minimum absolute atomic E-state index is 0.0259. The summed E-state index contributed by atoms with van der Waals surface area (Å²) in [5.41, 5.74) is 7.35. The minimum Gasteiger partial charge on any atom is -0.365 e. The highest BCUT2D eigenvalue weighted by atomic mass is 19.1. The SMILES string of the molecule is CCN(c1ccc(F)cc1)C1(CN)CCN2CCCC2C1. The smallest absolute Gasteiger partial charge is 0.123 e. The van der Waals surface area contributed by atoms with Crippen molar-refractivity contribution in [3.63, 3.8) is 0 Å². The lowest BCUT2D eigenvalue weighted by atomic mass is 9.81. The van der Waals surface area contributed by atoms with E-state index in [1.54, 1.807) is 12.1 Å². The van der Waals surface area contributed by atoms with Gasteiger partial charge in [0, 0.05) is 31.4 Å². The molecule has 2 N–H and O–H groups in total. The number of likely N-dealkylation sites (N-methyl/N-ethyl adjacent to an activating group) is 1. The molecular weight excluding hydrogens is 265 g/mol. The monoisotopic (exact) mass is 291 g/mol. The van der Waals surface area contributed by atoms with Crippen molar-refractivity contribution in [2.24, 2.45) is 5.73 Å². The molecule has 0 aliphatic carbocycles. The molecule has 3 rings (SSSR count). The van der Waals surface area contributed by atoms with Gasteiger partial charge in [-0.15, -0.1) is 0 Å². The Morgan fingerprint density at radius 3 is 2.76 bits per heavy atom. The van der Waals surface area contributed by atoms with Gasteiger partial charge >= 0.3 is 0 Å². The molecule has 3 nitrogen and oxygen atoms in total. The largest absolute Gasteiger partial charge is 0.365 e. The molecular formula is C17H26FN3. The summed E-state index contributed by atoms with van der Waals surface area (Å²) in [5, 5.41) is 0. The number of piperidine rings is 1. The molecule has 1 aromatic rings. The summed E-state index contributed by atoms with van der Waals surface area (Å²) < 4.78 is 13.2. The Kier molecular flexibility index (Phi) is 4.18. The molecule has 0 spiro atoms. The van der Waals surface area contributed by atoms with E-state index in [0.29, 0.717) is 12.6 Å². The molecule has 4 heteroatoms. The summed E-state index contributed by atoms with van der Waals surface area (Å²) in [6, 6.07) is 7.55. The molecule has 0 aromatic heterocycles. The van der Waals surface area contributed by atoms with E-state index >= 15 is 0 Å². The van der Waals surface area contributed by atoms with Crippen LogP contribution < -0.4 is 10.6 Å². The van der Waals surface area contributed by atoms with Crippen LogP contribution >= 0.6 is 0 Å². The van der Waals surface area contributed by atoms with Gasteiger partial charge in [-0.2, -0.15) is 0 Å². The number of benzene rings is 1. The average molecular weight is 291 g/mol. The fourth-order valence-electron chi connectivity index (χ4n) is 4.27. The third kappa shape index (κ3) is 2.67. The Bertz CT molecular complexity index is 475. The summed E-state index contributed by atoms with van der Waals surface area (Å²) in [4.78, 5) is 5.02. The van der Waals surface area contributed by atoms with Crippen LogP contribution in [0, 0.1) is 5.82 Å². The number of nitrogens with zero attached hydrogens (tertiary/aromatic N) is 2. The summed E-state index contributed by atoms with van der Waals surface area (Å²) in [6.45, 7) is 6.13. The van der Waals surface area contributed by atoms with Gasteiger partial charge in [0.25, 0.3) is 0 Å². The van der Waals surface area contributed by atoms with Gasteiger partial charge in [0.1, 0.15) is 5.82 Å². The molecule has 2 atom stereocenters. The Morgan fingerprint density at radius 1 is 1.33 bits per heavy atom. The number of fused-ring (bicyclic) bond motifs is 1. The molecule has 2 aliphatic rings. The third-order valence-electron chi connectivity index (χ3n) is 5.39. The number of nitrogens with two attached hydrogens (primary N) is 1. The van der Waals surface area contributed by atoms with Gasteiger partial charge in [-0.05, 0) is 63.4 Å². The zero-order valence-corrected chi connectivity index (χ0v) is 12.9. The second kappa shape index (κ2) is 5.93. The molecule has 0 bridgehead atoms. The van der Waals surface area contributed by atoms with Crippen molar-refractivity contribution in [3.05, 3.63) is 30.1 Å². The molecule has 0 radical (unpaired) electrons. The van der Waals surface area contributed by atoms with Crippen LogP contribution in [-0.4, -0.2) is 42.7 Å². The van der Waals surface area contributed by atoms with Crippen LogP contribution in [0.4, 0.5) is 10.1 Å². The topological polar surface area (TPSA) is 32.5 Å². The van der Waals surface area contributed by atoms with Gasteiger partial charge in [-0.1, -0.05) is 0 Å². The quantitative estimate of drug-likeness (QED) is 0.925. The van der Waals surface area contributed by atoms with E-state index in [9.17, 15) is 4.39 Å². The van der Waals surface area contributed by atoms with Crippen LogP contribution in [-0.2, 0) is 0 Å². The standard InChI is InChI=1S/C17H26FN3/c1-2-21(15-7-5-14(18)6-8-15)17(13-19)9-11-20-10-3-4-16(20)12-17/h5-8,16H,2-4,9-13,19H2,1H3. The van der Waals surface area contributed by atoms with Crippen molar-refractivity contribution in [2.45, 2.75) is 44.2 Å². The van der Waals surface area contributed by atoms with Crippen molar-refractivity contribution < 1.29 is 4.39 Å². The number of hydrogen-bond acceptors (Lipinski definition) is 3. The zero-order valence-electron chi connectivity index (χ0n) is 12.9. The summed E-state index contributed by atoms with van der Waals surface area (Å²) in [7, 11) is 0. The van der Waals surface area contributed by atoms with Crippen LogP contribution in [0.15, 0.2) is 24.3 Å². The first-order chi connectivity index (χ1) is 10.2. The van der Waals surface area contributed by atoms with E-state index in [0.717, 1.165) is 31.6 Å². The van der Waals surface area contributed by atoms with E-state index in [2.05, 4.69) is 16.7 Å². The fraction of sp³-hybridized carbons (Fsp3) is 0.647. The normalized spacial score (nSPS) is 29.4. The van der Waals surface area contributed by atoms with Crippen molar-refractivity contribution in [2.75, 3.05) is 31.1 Å². The predicted molar refractivity (Wildman–Crippen MR) is 85.0 cm³/mol. The van der Waals surface area contributed by atoms with Gasteiger partial charge < -0.3 is 15.5 Å². The molecule has 1 aromatic carbocycles. The molecule has 21 heavy (non-hydrogen) atoms. The molecule has 2 heterocycles. The van der Waals surface area contributed by atoms with E-state index in [1.807, 2.05) is 12.1 Å². The zero-order chi connectivity index (χ0) is 14.9. The molecule has 2 unspecified atom stereocenters. The maximum Gasteiger partial charge on any atom is 0.123 e. The third-order valence-corrected chi connectivity index (χ3v) is 5.39. The Hall–Kier alpha value is -1.13. The van der Waals surface area contributed by atoms with E-state index < -0.39 is 0 Å². The number of anilines is 1. The van der Waals surface area contributed by atoms with Crippen LogP contribution in [0.5, 0.6) is 0 Å². The molecule has 0 amide bonds. The highest BCUT2D eigenvalue weighted by Crippen LogP contribution is 2.38. The molecule has 116 valence electrons. The Morgan fingerprint density at radius 2 is 2.10 bits per heavy atom. The first kappa shape index (κ1) is 14.8. The van der Waals surface area contributed by atoms with Gasteiger partial charge in [-0.25, -0.2) is 4.39 Å². The predicted octanol–water partition coefficient (Wildman–Crippen LogP) is 2.61. The number of hydrogen-bond donors (Lipinski definition) is 1. The lowest BCUT2D eigenvalue weighted by molar-refractivity contribution is 0.129. The van der Waals surface area contributed by atoms with Gasteiger partial charge in [0.05, 0.1) is 5.54 Å². The van der Waals surface area contributed by atoms with Gasteiger partial charge in [0.2, 0.25) is 0 Å². The van der Waals surface area contributed by atoms with E-state index in [4.69, 9.17) is 5.73 Å². The summed E-state index contributed by atoms with van der Waals surface area (Å²) in [6.07, 6.45) is 4.84. The number of rotatable bonds is 4.